The van der Waals surface area contributed by atoms with Crippen LogP contribution in [0.4, 0.5) is 0 Å². The Balaban J connectivity index is 2.39. The summed E-state index contributed by atoms with van der Waals surface area (Å²) in [6, 6.07) is 0.516. The lowest BCUT2D eigenvalue weighted by Crippen LogP contribution is -2.38. The van der Waals surface area contributed by atoms with Crippen molar-refractivity contribution in [3.05, 3.63) is 16.1 Å². The van der Waals surface area contributed by atoms with E-state index in [9.17, 15) is 0 Å². The summed E-state index contributed by atoms with van der Waals surface area (Å²) in [5.74, 6) is 0.516. The molecule has 0 aromatic carbocycles. The summed E-state index contributed by atoms with van der Waals surface area (Å²) in [6.07, 6.45) is 0. The first-order valence-corrected chi connectivity index (χ1v) is 6.29. The van der Waals surface area contributed by atoms with Gasteiger partial charge in [-0.2, -0.15) is 0 Å². The molecule has 0 amide bonds. The van der Waals surface area contributed by atoms with Crippen LogP contribution >= 0.6 is 11.3 Å². The van der Waals surface area contributed by atoms with Gasteiger partial charge in [-0.1, -0.05) is 13.8 Å². The molecule has 1 heterocycles. The Morgan fingerprint density at radius 1 is 1.47 bits per heavy atom. The zero-order valence-corrected chi connectivity index (χ0v) is 10.8. The molecule has 86 valence electrons. The van der Waals surface area contributed by atoms with Crippen LogP contribution in [0.25, 0.3) is 0 Å². The van der Waals surface area contributed by atoms with Crippen LogP contribution in [0.1, 0.15) is 37.5 Å². The van der Waals surface area contributed by atoms with Gasteiger partial charge in [0.2, 0.25) is 0 Å². The maximum absolute atomic E-state index is 5.97. The number of nitrogens with one attached hydrogen (secondary N) is 1. The molecule has 2 unspecified atom stereocenters. The third kappa shape index (κ3) is 3.89. The normalized spacial score (nSPS) is 15.6. The number of thiazole rings is 1. The van der Waals surface area contributed by atoms with Crippen LogP contribution in [0.2, 0.25) is 0 Å². The maximum Gasteiger partial charge on any atom is 0.110 e. The molecular weight excluding hydrogens is 206 g/mol. The first kappa shape index (κ1) is 12.6. The Morgan fingerprint density at radius 3 is 2.60 bits per heavy atom. The molecule has 0 bridgehead atoms. The van der Waals surface area contributed by atoms with Gasteiger partial charge in [-0.3, -0.25) is 0 Å². The molecular formula is C11H21N3S. The van der Waals surface area contributed by atoms with Gasteiger partial charge in [0.25, 0.3) is 0 Å². The topological polar surface area (TPSA) is 50.9 Å². The van der Waals surface area contributed by atoms with Crippen LogP contribution in [-0.4, -0.2) is 17.6 Å². The van der Waals surface area contributed by atoms with Gasteiger partial charge in [0.05, 0.1) is 6.04 Å². The summed E-state index contributed by atoms with van der Waals surface area (Å²) in [6.45, 7) is 9.28. The molecule has 1 aromatic rings. The summed E-state index contributed by atoms with van der Waals surface area (Å²) >= 11 is 1.70. The third-order valence-electron chi connectivity index (χ3n) is 2.52. The number of rotatable bonds is 5. The third-order valence-corrected chi connectivity index (χ3v) is 3.67. The van der Waals surface area contributed by atoms with Gasteiger partial charge in [0.1, 0.15) is 5.01 Å². The van der Waals surface area contributed by atoms with E-state index in [1.807, 2.05) is 6.92 Å². The monoisotopic (exact) mass is 227 g/mol. The number of hydrogen-bond donors (Lipinski definition) is 2. The van der Waals surface area contributed by atoms with Gasteiger partial charge in [-0.05, 0) is 19.8 Å². The number of aryl methyl sites for hydroxylation is 1. The van der Waals surface area contributed by atoms with E-state index < -0.39 is 0 Å². The Kier molecular flexibility index (Phi) is 4.70. The van der Waals surface area contributed by atoms with E-state index in [4.69, 9.17) is 5.73 Å². The highest BCUT2D eigenvalue weighted by molar-refractivity contribution is 7.09. The van der Waals surface area contributed by atoms with Gasteiger partial charge in [-0.15, -0.1) is 11.3 Å². The fourth-order valence-corrected chi connectivity index (χ4v) is 2.04. The molecule has 0 saturated carbocycles. The van der Waals surface area contributed by atoms with Crippen molar-refractivity contribution in [2.45, 2.75) is 39.8 Å². The Labute approximate surface area is 96.1 Å². The minimum absolute atomic E-state index is 0.216. The van der Waals surface area contributed by atoms with Crippen molar-refractivity contribution in [1.82, 2.24) is 10.3 Å². The summed E-state index contributed by atoms with van der Waals surface area (Å²) in [5, 5.41) is 6.64. The molecule has 3 N–H and O–H groups in total. The van der Waals surface area contributed by atoms with Gasteiger partial charge in [0, 0.05) is 23.7 Å². The maximum atomic E-state index is 5.97. The van der Waals surface area contributed by atoms with E-state index in [1.54, 1.807) is 11.3 Å². The molecule has 0 aliphatic carbocycles. The second-order valence-corrected chi connectivity index (χ2v) is 5.25. The van der Waals surface area contributed by atoms with E-state index in [0.29, 0.717) is 12.0 Å². The second-order valence-electron chi connectivity index (χ2n) is 4.36. The average Bonchev–Trinajstić information content (AvgIpc) is 2.60. The minimum atomic E-state index is 0.216. The van der Waals surface area contributed by atoms with Crippen LogP contribution in [0.3, 0.4) is 0 Å². The van der Waals surface area contributed by atoms with Crippen LogP contribution < -0.4 is 11.1 Å². The Bertz CT molecular complexity index is 296. The quantitative estimate of drug-likeness (QED) is 0.810. The predicted octanol–water partition coefficient (Wildman–Crippen LogP) is 2.09. The Morgan fingerprint density at radius 2 is 2.13 bits per heavy atom. The van der Waals surface area contributed by atoms with Gasteiger partial charge in [-0.25, -0.2) is 4.98 Å². The van der Waals surface area contributed by atoms with E-state index in [0.717, 1.165) is 17.2 Å². The smallest absolute Gasteiger partial charge is 0.110 e. The zero-order valence-electron chi connectivity index (χ0n) is 9.95. The van der Waals surface area contributed by atoms with Crippen molar-refractivity contribution in [3.63, 3.8) is 0 Å². The number of nitrogens with zero attached hydrogens (tertiary/aromatic N) is 1. The molecule has 1 rings (SSSR count). The molecule has 0 spiro atoms. The first-order valence-electron chi connectivity index (χ1n) is 5.41. The summed E-state index contributed by atoms with van der Waals surface area (Å²) in [4.78, 5) is 4.45. The number of nitrogens with two attached hydrogens (primary N) is 1. The highest BCUT2D eigenvalue weighted by Crippen LogP contribution is 2.17. The largest absolute Gasteiger partial charge is 0.326 e. The molecule has 3 nitrogen and oxygen atoms in total. The highest BCUT2D eigenvalue weighted by Gasteiger charge is 2.12. The van der Waals surface area contributed by atoms with Crippen molar-refractivity contribution >= 4 is 11.3 Å². The molecule has 0 aliphatic rings. The molecule has 0 aliphatic heterocycles. The number of hydrogen-bond acceptors (Lipinski definition) is 4. The van der Waals surface area contributed by atoms with E-state index >= 15 is 0 Å². The van der Waals surface area contributed by atoms with E-state index in [1.165, 1.54) is 0 Å². The van der Waals surface area contributed by atoms with Crippen molar-refractivity contribution in [3.8, 4) is 0 Å². The van der Waals surface area contributed by atoms with Crippen LogP contribution in [-0.2, 0) is 0 Å². The molecule has 1 aromatic heterocycles. The highest BCUT2D eigenvalue weighted by atomic mass is 32.1. The predicted molar refractivity (Wildman–Crippen MR) is 66.1 cm³/mol. The van der Waals surface area contributed by atoms with Gasteiger partial charge >= 0.3 is 0 Å². The Hall–Kier alpha value is -0.450. The lowest BCUT2D eigenvalue weighted by molar-refractivity contribution is 0.433. The average molecular weight is 227 g/mol. The second kappa shape index (κ2) is 5.58. The van der Waals surface area contributed by atoms with Crippen LogP contribution in [0, 0.1) is 12.8 Å². The number of aromatic nitrogens is 1. The van der Waals surface area contributed by atoms with Gasteiger partial charge in [0.15, 0.2) is 0 Å². The first-order chi connectivity index (χ1) is 7.00. The molecule has 0 radical (unpaired) electrons. The van der Waals surface area contributed by atoms with E-state index in [-0.39, 0.29) is 6.04 Å². The summed E-state index contributed by atoms with van der Waals surface area (Å²) in [5.41, 5.74) is 7.06. The molecule has 2 atom stereocenters. The van der Waals surface area contributed by atoms with Gasteiger partial charge < -0.3 is 11.1 Å². The van der Waals surface area contributed by atoms with Crippen LogP contribution in [0.15, 0.2) is 5.38 Å². The molecule has 4 heteroatoms. The lowest BCUT2D eigenvalue weighted by Gasteiger charge is -2.18. The molecule has 0 saturated heterocycles. The van der Waals surface area contributed by atoms with Crippen molar-refractivity contribution < 1.29 is 0 Å². The zero-order chi connectivity index (χ0) is 11.4. The summed E-state index contributed by atoms with van der Waals surface area (Å²) in [7, 11) is 0. The molecule has 0 fully saturated rings. The van der Waals surface area contributed by atoms with Crippen molar-refractivity contribution in [1.29, 1.82) is 0 Å². The summed E-state index contributed by atoms with van der Waals surface area (Å²) < 4.78 is 0. The minimum Gasteiger partial charge on any atom is -0.326 e. The van der Waals surface area contributed by atoms with Crippen LogP contribution in [0.5, 0.6) is 0 Å². The SMILES string of the molecule is Cc1csc(C(C)NCC(N)C(C)C)n1. The van der Waals surface area contributed by atoms with E-state index in [2.05, 4.69) is 36.5 Å². The fourth-order valence-electron chi connectivity index (χ4n) is 1.21. The van der Waals surface area contributed by atoms with Crippen molar-refractivity contribution in [2.24, 2.45) is 11.7 Å². The standard InChI is InChI=1S/C11H21N3S/c1-7(2)10(12)5-13-9(4)11-14-8(3)6-15-11/h6-7,9-10,13H,5,12H2,1-4H3. The van der Waals surface area contributed by atoms with Crippen molar-refractivity contribution in [2.75, 3.05) is 6.54 Å². The fraction of sp³-hybridized carbons (Fsp3) is 0.727. The lowest BCUT2D eigenvalue weighted by atomic mass is 10.1. The molecule has 15 heavy (non-hydrogen) atoms.